The molecule has 2 N–H and O–H groups in total. The summed E-state index contributed by atoms with van der Waals surface area (Å²) in [6, 6.07) is 0. The Bertz CT molecular complexity index is 16.3. The molecule has 0 aromatic heterocycles. The Morgan fingerprint density at radius 2 is 1.50 bits per heavy atom. The molecule has 0 aromatic carbocycles. The van der Waals surface area contributed by atoms with Crippen LogP contribution in [0.1, 0.15) is 0 Å². The van der Waals surface area contributed by atoms with Gasteiger partial charge in [-0.15, -0.1) is 0 Å². The van der Waals surface area contributed by atoms with E-state index < -0.39 is 0 Å². The second-order valence-corrected chi connectivity index (χ2v) is 0.183. The molecule has 0 aliphatic heterocycles. The summed E-state index contributed by atoms with van der Waals surface area (Å²) in [5, 5.41) is 14.3. The minimum atomic E-state index is 0. The van der Waals surface area contributed by atoms with E-state index in [9.17, 15) is 0 Å². The van der Waals surface area contributed by atoms with Crippen LogP contribution in [0.5, 0.6) is 0 Å². The molecule has 0 saturated carbocycles. The van der Waals surface area contributed by atoms with Gasteiger partial charge in [0.05, 0.1) is 6.26 Å². The van der Waals surface area contributed by atoms with Gasteiger partial charge in [-0.1, -0.05) is 6.58 Å². The summed E-state index contributed by atoms with van der Waals surface area (Å²) in [5.41, 5.74) is 0. The van der Waals surface area contributed by atoms with Gasteiger partial charge in [-0.2, -0.15) is 0 Å². The Labute approximate surface area is 51.8 Å². The minimum Gasteiger partial charge on any atom is -0.516 e. The van der Waals surface area contributed by atoms with Crippen LogP contribution >= 0.6 is 0 Å². The fraction of sp³-hybridized carbons (Fsp3) is 0.333. The minimum absolute atomic E-state index is 0. The molecule has 0 aromatic rings. The van der Waals surface area contributed by atoms with Crippen molar-refractivity contribution in [2.45, 2.75) is 0 Å². The van der Waals surface area contributed by atoms with Gasteiger partial charge in [-0.25, -0.2) is 0 Å². The van der Waals surface area contributed by atoms with Crippen LogP contribution in [0.15, 0.2) is 12.8 Å². The molecule has 0 radical (unpaired) electrons. The van der Waals surface area contributed by atoms with E-state index in [1.165, 1.54) is 0 Å². The third kappa shape index (κ3) is 1200. The third-order valence-electron chi connectivity index (χ3n) is 0. The molecular formula is C3H8O2W. The van der Waals surface area contributed by atoms with Crippen molar-refractivity contribution in [3.63, 3.8) is 0 Å². The summed E-state index contributed by atoms with van der Waals surface area (Å²) >= 11 is 0. The van der Waals surface area contributed by atoms with Crippen molar-refractivity contribution in [1.82, 2.24) is 0 Å². The first-order valence-electron chi connectivity index (χ1n) is 1.11. The third-order valence-corrected chi connectivity index (χ3v) is 0. The monoisotopic (exact) mass is 260 g/mol. The van der Waals surface area contributed by atoms with Crippen LogP contribution in [0.3, 0.4) is 0 Å². The molecule has 0 amide bonds. The maximum atomic E-state index is 7.33. The van der Waals surface area contributed by atoms with E-state index in [0.717, 1.165) is 13.4 Å². The summed E-state index contributed by atoms with van der Waals surface area (Å²) in [7, 11) is 1.00. The van der Waals surface area contributed by atoms with E-state index >= 15 is 0 Å². The second kappa shape index (κ2) is 64.5. The average Bonchev–Trinajstić information content (AvgIpc) is 1.46. The van der Waals surface area contributed by atoms with Gasteiger partial charge in [0.1, 0.15) is 0 Å². The first-order chi connectivity index (χ1) is 2.41. The van der Waals surface area contributed by atoms with Crippen molar-refractivity contribution in [1.29, 1.82) is 0 Å². The molecular weight excluding hydrogens is 252 g/mol. The van der Waals surface area contributed by atoms with E-state index in [1.807, 2.05) is 0 Å². The van der Waals surface area contributed by atoms with Gasteiger partial charge >= 0.3 is 0 Å². The molecule has 0 rings (SSSR count). The Balaban J connectivity index is -0.0000000275. The van der Waals surface area contributed by atoms with E-state index in [0.29, 0.717) is 0 Å². The Hall–Kier alpha value is 0.188. The maximum Gasteiger partial charge on any atom is 0.0719 e. The quantitative estimate of drug-likeness (QED) is 0.615. The molecule has 0 saturated heterocycles. The fourth-order valence-corrected chi connectivity index (χ4v) is 0. The first kappa shape index (κ1) is 16.4. The van der Waals surface area contributed by atoms with E-state index in [2.05, 4.69) is 6.58 Å². The zero-order valence-corrected chi connectivity index (χ0v) is 6.52. The van der Waals surface area contributed by atoms with Crippen molar-refractivity contribution in [3.05, 3.63) is 12.8 Å². The van der Waals surface area contributed by atoms with Gasteiger partial charge in [0.2, 0.25) is 0 Å². The number of aliphatic hydroxyl groups is 2. The van der Waals surface area contributed by atoms with Crippen LogP contribution in [0.4, 0.5) is 0 Å². The van der Waals surface area contributed by atoms with Gasteiger partial charge in [0.15, 0.2) is 0 Å². The Morgan fingerprint density at radius 3 is 1.50 bits per heavy atom. The van der Waals surface area contributed by atoms with Gasteiger partial charge in [-0.05, 0) is 0 Å². The molecule has 0 unspecified atom stereocenters. The van der Waals surface area contributed by atoms with Gasteiger partial charge in [-0.3, -0.25) is 0 Å². The topological polar surface area (TPSA) is 40.5 Å². The van der Waals surface area contributed by atoms with Crippen molar-refractivity contribution in [2.75, 3.05) is 7.11 Å². The summed E-state index contributed by atoms with van der Waals surface area (Å²) < 4.78 is 0. The van der Waals surface area contributed by atoms with E-state index in [1.54, 1.807) is 0 Å². The molecule has 0 fully saturated rings. The predicted octanol–water partition coefficient (Wildman–Crippen LogP) is 0.294. The normalized spacial score (nSPS) is 3.00. The first-order valence-corrected chi connectivity index (χ1v) is 1.11. The van der Waals surface area contributed by atoms with Crippen LogP contribution in [-0.2, 0) is 21.1 Å². The Morgan fingerprint density at radius 1 is 1.50 bits per heavy atom. The molecule has 0 heterocycles. The molecule has 3 heteroatoms. The zero-order chi connectivity index (χ0) is 4.71. The number of hydrogen-bond acceptors (Lipinski definition) is 2. The summed E-state index contributed by atoms with van der Waals surface area (Å²) in [5.74, 6) is 0. The van der Waals surface area contributed by atoms with Gasteiger partial charge in [0.25, 0.3) is 0 Å². The average molecular weight is 260 g/mol. The van der Waals surface area contributed by atoms with Gasteiger partial charge < -0.3 is 10.2 Å². The largest absolute Gasteiger partial charge is 0.516 e. The molecule has 0 bridgehead atoms. The van der Waals surface area contributed by atoms with Crippen molar-refractivity contribution < 1.29 is 31.3 Å². The van der Waals surface area contributed by atoms with Crippen molar-refractivity contribution >= 4 is 0 Å². The molecule has 6 heavy (non-hydrogen) atoms. The van der Waals surface area contributed by atoms with Crippen molar-refractivity contribution in [3.8, 4) is 0 Å². The smallest absolute Gasteiger partial charge is 0.0719 e. The molecule has 0 aliphatic rings. The summed E-state index contributed by atoms with van der Waals surface area (Å²) in [6.07, 6.45) is 0.750. The Kier molecular flexibility index (Phi) is 176. The maximum absolute atomic E-state index is 7.33. The fourth-order valence-electron chi connectivity index (χ4n) is 0. The SMILES string of the molecule is C=CO.CO.[W]. The standard InChI is InChI=1S/C2H4O.CH4O.W/c1-2-3;1-2;/h2-3H,1H2;2H,1H3;. The van der Waals surface area contributed by atoms with Crippen LogP contribution in [-0.4, -0.2) is 17.3 Å². The summed E-state index contributed by atoms with van der Waals surface area (Å²) in [6.45, 7) is 2.92. The molecule has 0 aliphatic carbocycles. The molecule has 0 spiro atoms. The number of rotatable bonds is 0. The van der Waals surface area contributed by atoms with Crippen LogP contribution in [0.2, 0.25) is 0 Å². The number of aliphatic hydroxyl groups excluding tert-OH is 2. The molecule has 38 valence electrons. The summed E-state index contributed by atoms with van der Waals surface area (Å²) in [4.78, 5) is 0. The predicted molar refractivity (Wildman–Crippen MR) is 21.0 cm³/mol. The number of hydrogen-bond donors (Lipinski definition) is 2. The van der Waals surface area contributed by atoms with E-state index in [4.69, 9.17) is 10.2 Å². The van der Waals surface area contributed by atoms with Crippen molar-refractivity contribution in [2.24, 2.45) is 0 Å². The van der Waals surface area contributed by atoms with Crippen LogP contribution < -0.4 is 0 Å². The van der Waals surface area contributed by atoms with E-state index in [-0.39, 0.29) is 21.1 Å². The molecule has 0 atom stereocenters. The van der Waals surface area contributed by atoms with Gasteiger partial charge in [0, 0.05) is 28.2 Å². The second-order valence-electron chi connectivity index (χ2n) is 0.183. The van der Waals surface area contributed by atoms with Crippen LogP contribution in [0, 0.1) is 0 Å². The zero-order valence-electron chi connectivity index (χ0n) is 3.59. The van der Waals surface area contributed by atoms with Crippen LogP contribution in [0.25, 0.3) is 0 Å². The molecule has 2 nitrogen and oxygen atoms in total.